The van der Waals surface area contributed by atoms with E-state index in [9.17, 15) is 26.0 Å². The summed E-state index contributed by atoms with van der Waals surface area (Å²) in [6.07, 6.45) is 3.16. The number of fused-ring (bicyclic) bond motifs is 1. The second-order valence-electron chi connectivity index (χ2n) is 8.92. The van der Waals surface area contributed by atoms with Crippen molar-refractivity contribution in [2.75, 3.05) is 26.4 Å². The molecule has 0 saturated heterocycles. The average molecular weight is 527 g/mol. The Kier molecular flexibility index (Phi) is 7.37. The third-order valence-electron chi connectivity index (χ3n) is 4.97. The van der Waals surface area contributed by atoms with Gasteiger partial charge in [0.1, 0.15) is 11.4 Å². The number of ether oxygens (including phenoxy) is 1. The standard InChI is InChI=1S/C22H27FN4O6S2/c1-22(2,3)33-21(28)27-14-18(17-8-7-16(23)12-19(17)27)15-6-9-20(24-13-15)35(31,32)25-10-11-26(4)34(5,29)30/h6-9,12-14,25H,10-11H2,1-5H3. The first-order chi connectivity index (χ1) is 16.1. The summed E-state index contributed by atoms with van der Waals surface area (Å²) in [7, 11) is -6.08. The van der Waals surface area contributed by atoms with Gasteiger partial charge in [0.05, 0.1) is 11.8 Å². The van der Waals surface area contributed by atoms with Gasteiger partial charge in [-0.3, -0.25) is 4.57 Å². The first kappa shape index (κ1) is 26.7. The van der Waals surface area contributed by atoms with Crippen molar-refractivity contribution in [3.05, 3.63) is 48.5 Å². The number of carbonyl (C=O) groups is 1. The predicted molar refractivity (Wildman–Crippen MR) is 129 cm³/mol. The number of benzene rings is 1. The maximum Gasteiger partial charge on any atom is 0.419 e. The minimum Gasteiger partial charge on any atom is -0.443 e. The summed E-state index contributed by atoms with van der Waals surface area (Å²) in [5.74, 6) is -0.529. The summed E-state index contributed by atoms with van der Waals surface area (Å²) in [5.41, 5.74) is 0.564. The minimum absolute atomic E-state index is 0.0448. The van der Waals surface area contributed by atoms with Crippen molar-refractivity contribution in [2.45, 2.75) is 31.4 Å². The lowest BCUT2D eigenvalue weighted by molar-refractivity contribution is 0.0544. The molecular weight excluding hydrogens is 499 g/mol. The lowest BCUT2D eigenvalue weighted by Crippen LogP contribution is -2.35. The van der Waals surface area contributed by atoms with Crippen molar-refractivity contribution >= 4 is 37.0 Å². The van der Waals surface area contributed by atoms with Crippen LogP contribution in [0.15, 0.2) is 47.8 Å². The van der Waals surface area contributed by atoms with Crippen molar-refractivity contribution in [3.8, 4) is 11.1 Å². The number of nitrogens with one attached hydrogen (secondary N) is 1. The van der Waals surface area contributed by atoms with E-state index in [1.165, 1.54) is 54.3 Å². The van der Waals surface area contributed by atoms with E-state index in [-0.39, 0.29) is 18.1 Å². The second kappa shape index (κ2) is 9.64. The van der Waals surface area contributed by atoms with Gasteiger partial charge in [0.2, 0.25) is 10.0 Å². The molecule has 0 unspecified atom stereocenters. The summed E-state index contributed by atoms with van der Waals surface area (Å²) in [4.78, 5) is 16.7. The van der Waals surface area contributed by atoms with Gasteiger partial charge < -0.3 is 4.74 Å². The molecule has 1 aromatic carbocycles. The van der Waals surface area contributed by atoms with Crippen LogP contribution in [0.3, 0.4) is 0 Å². The highest BCUT2D eigenvalue weighted by Gasteiger charge is 2.22. The SMILES string of the molecule is CN(CCNS(=O)(=O)c1ccc(-c2cn(C(=O)OC(C)(C)C)c3cc(F)ccc23)cn1)S(C)(=O)=O. The summed E-state index contributed by atoms with van der Waals surface area (Å²) >= 11 is 0. The van der Waals surface area contributed by atoms with E-state index >= 15 is 0 Å². The third-order valence-corrected chi connectivity index (χ3v) is 7.66. The molecule has 2 heterocycles. The molecule has 0 aliphatic carbocycles. The van der Waals surface area contributed by atoms with Crippen LogP contribution < -0.4 is 4.72 Å². The Morgan fingerprint density at radius 1 is 1.17 bits per heavy atom. The maximum absolute atomic E-state index is 13.9. The van der Waals surface area contributed by atoms with Gasteiger partial charge in [0.25, 0.3) is 10.0 Å². The molecule has 3 aromatic rings. The largest absolute Gasteiger partial charge is 0.443 e. The fraction of sp³-hybridized carbons (Fsp3) is 0.364. The fourth-order valence-corrected chi connectivity index (χ4v) is 4.54. The Balaban J connectivity index is 1.89. The summed E-state index contributed by atoms with van der Waals surface area (Å²) in [6, 6.07) is 6.80. The molecule has 0 saturated carbocycles. The zero-order chi connectivity index (χ0) is 26.2. The Hall–Kier alpha value is -2.87. The Morgan fingerprint density at radius 2 is 1.86 bits per heavy atom. The monoisotopic (exact) mass is 526 g/mol. The van der Waals surface area contributed by atoms with Crippen LogP contribution in [-0.2, 0) is 24.8 Å². The van der Waals surface area contributed by atoms with Crippen LogP contribution in [0.5, 0.6) is 0 Å². The molecule has 0 spiro atoms. The Bertz CT molecular complexity index is 1460. The van der Waals surface area contributed by atoms with Gasteiger partial charge in [-0.1, -0.05) is 0 Å². The van der Waals surface area contributed by atoms with E-state index in [0.29, 0.717) is 22.0 Å². The van der Waals surface area contributed by atoms with Crippen LogP contribution in [0.2, 0.25) is 0 Å². The van der Waals surface area contributed by atoms with Crippen LogP contribution in [-0.4, -0.2) is 68.8 Å². The van der Waals surface area contributed by atoms with Crippen molar-refractivity contribution in [1.82, 2.24) is 18.6 Å². The van der Waals surface area contributed by atoms with Gasteiger partial charge in [-0.05, 0) is 51.1 Å². The second-order valence-corrected chi connectivity index (χ2v) is 12.7. The fourth-order valence-electron chi connectivity index (χ4n) is 3.17. The molecule has 0 aliphatic rings. The number of halogens is 1. The highest BCUT2D eigenvalue weighted by molar-refractivity contribution is 7.89. The number of hydrogen-bond acceptors (Lipinski definition) is 7. The van der Waals surface area contributed by atoms with Crippen LogP contribution in [0.25, 0.3) is 22.0 Å². The lowest BCUT2D eigenvalue weighted by atomic mass is 10.1. The van der Waals surface area contributed by atoms with Gasteiger partial charge in [-0.15, -0.1) is 0 Å². The molecule has 0 atom stereocenters. The molecule has 0 radical (unpaired) electrons. The predicted octanol–water partition coefficient (Wildman–Crippen LogP) is 2.80. The molecule has 0 aliphatic heterocycles. The zero-order valence-corrected chi connectivity index (χ0v) is 21.6. The van der Waals surface area contributed by atoms with Gasteiger partial charge in [0.15, 0.2) is 5.03 Å². The molecule has 3 rings (SSSR count). The van der Waals surface area contributed by atoms with Crippen molar-refractivity contribution in [2.24, 2.45) is 0 Å². The Morgan fingerprint density at radius 3 is 2.43 bits per heavy atom. The van der Waals surface area contributed by atoms with E-state index in [1.54, 1.807) is 20.8 Å². The van der Waals surface area contributed by atoms with E-state index in [0.717, 1.165) is 10.6 Å². The molecule has 2 aromatic heterocycles. The maximum atomic E-state index is 13.9. The quantitative estimate of drug-likeness (QED) is 0.501. The van der Waals surface area contributed by atoms with Crippen LogP contribution in [0.1, 0.15) is 20.8 Å². The van der Waals surface area contributed by atoms with E-state index in [2.05, 4.69) is 9.71 Å². The lowest BCUT2D eigenvalue weighted by Gasteiger charge is -2.19. The molecule has 0 amide bonds. The number of hydrogen-bond donors (Lipinski definition) is 1. The molecule has 13 heteroatoms. The van der Waals surface area contributed by atoms with E-state index in [4.69, 9.17) is 4.74 Å². The summed E-state index contributed by atoms with van der Waals surface area (Å²) in [6.45, 7) is 4.97. The number of nitrogens with zero attached hydrogens (tertiary/aromatic N) is 3. The van der Waals surface area contributed by atoms with Crippen LogP contribution >= 0.6 is 0 Å². The number of pyridine rings is 1. The molecule has 0 fully saturated rings. The van der Waals surface area contributed by atoms with Gasteiger partial charge in [0, 0.05) is 49.0 Å². The van der Waals surface area contributed by atoms with Crippen LogP contribution in [0.4, 0.5) is 9.18 Å². The van der Waals surface area contributed by atoms with Gasteiger partial charge >= 0.3 is 6.09 Å². The molecule has 35 heavy (non-hydrogen) atoms. The Labute approximate surface area is 203 Å². The molecule has 10 nitrogen and oxygen atoms in total. The number of sulfonamides is 2. The van der Waals surface area contributed by atoms with Gasteiger partial charge in [-0.25, -0.2) is 40.0 Å². The minimum atomic E-state index is -3.99. The van der Waals surface area contributed by atoms with Crippen molar-refractivity contribution < 1.29 is 30.8 Å². The third kappa shape index (κ3) is 6.42. The first-order valence-corrected chi connectivity index (χ1v) is 13.8. The number of rotatable bonds is 7. The number of aromatic nitrogens is 2. The zero-order valence-electron chi connectivity index (χ0n) is 19.9. The highest BCUT2D eigenvalue weighted by Crippen LogP contribution is 2.32. The normalized spacial score (nSPS) is 12.9. The summed E-state index contributed by atoms with van der Waals surface area (Å²) in [5, 5.41) is 0.293. The topological polar surface area (TPSA) is 128 Å². The van der Waals surface area contributed by atoms with Crippen molar-refractivity contribution in [3.63, 3.8) is 0 Å². The average Bonchev–Trinajstić information content (AvgIpc) is 3.10. The van der Waals surface area contributed by atoms with Crippen LogP contribution in [0, 0.1) is 5.82 Å². The molecule has 1 N–H and O–H groups in total. The molecule has 190 valence electrons. The number of carbonyl (C=O) groups excluding carboxylic acids is 1. The summed E-state index contributed by atoms with van der Waals surface area (Å²) < 4.78 is 71.8. The molecule has 0 bridgehead atoms. The van der Waals surface area contributed by atoms with Crippen molar-refractivity contribution in [1.29, 1.82) is 0 Å². The first-order valence-electron chi connectivity index (χ1n) is 10.5. The molecular formula is C22H27FN4O6S2. The smallest absolute Gasteiger partial charge is 0.419 e. The van der Waals surface area contributed by atoms with E-state index < -0.39 is 37.6 Å². The van der Waals surface area contributed by atoms with E-state index in [1.807, 2.05) is 0 Å². The highest BCUT2D eigenvalue weighted by atomic mass is 32.2. The number of likely N-dealkylation sites (N-methyl/N-ethyl adjacent to an activating group) is 1. The van der Waals surface area contributed by atoms with Gasteiger partial charge in [-0.2, -0.15) is 0 Å².